The normalized spacial score (nSPS) is 20.8. The Bertz CT molecular complexity index is 355. The lowest BCUT2D eigenvalue weighted by molar-refractivity contribution is -0.139. The van der Waals surface area contributed by atoms with Gasteiger partial charge in [0.15, 0.2) is 0 Å². The molecule has 2 amide bonds. The van der Waals surface area contributed by atoms with Crippen molar-refractivity contribution in [1.29, 1.82) is 0 Å². The number of carboxylic acid groups (broad SMARTS) is 1. The fraction of sp³-hybridized carbons (Fsp3) is 0.857. The fourth-order valence-electron chi connectivity index (χ4n) is 2.39. The number of urea groups is 1. The highest BCUT2D eigenvalue weighted by molar-refractivity contribution is 7.98. The molecule has 116 valence electrons. The first-order valence-electron chi connectivity index (χ1n) is 7.03. The van der Waals surface area contributed by atoms with E-state index in [1.807, 2.05) is 6.26 Å². The molecule has 0 aromatic carbocycles. The van der Waals surface area contributed by atoms with E-state index in [1.165, 1.54) is 0 Å². The summed E-state index contributed by atoms with van der Waals surface area (Å²) in [5, 5.41) is 11.8. The summed E-state index contributed by atoms with van der Waals surface area (Å²) in [6.45, 7) is 7.96. The predicted octanol–water partition coefficient (Wildman–Crippen LogP) is 2.27. The van der Waals surface area contributed by atoms with Gasteiger partial charge in [0.25, 0.3) is 0 Å². The van der Waals surface area contributed by atoms with E-state index in [1.54, 1.807) is 16.7 Å². The van der Waals surface area contributed by atoms with Gasteiger partial charge in [-0.05, 0) is 36.2 Å². The average molecular weight is 302 g/mol. The summed E-state index contributed by atoms with van der Waals surface area (Å²) in [7, 11) is 0. The van der Waals surface area contributed by atoms with Crippen LogP contribution in [0.2, 0.25) is 0 Å². The summed E-state index contributed by atoms with van der Waals surface area (Å²) < 4.78 is 0. The number of carbonyl (C=O) groups is 2. The van der Waals surface area contributed by atoms with E-state index in [9.17, 15) is 9.59 Å². The SMILES string of the molecule is CSCC[C@@H](NC(=O)N1CCC(C(C)(C)C)C1)C(=O)O. The Hall–Kier alpha value is -0.910. The zero-order valence-electron chi connectivity index (χ0n) is 12.8. The number of nitrogens with zero attached hydrogens (tertiary/aromatic N) is 1. The lowest BCUT2D eigenvalue weighted by Crippen LogP contribution is -2.47. The molecule has 0 spiro atoms. The molecule has 1 aliphatic rings. The van der Waals surface area contributed by atoms with Crippen LogP contribution in [-0.2, 0) is 4.79 Å². The van der Waals surface area contributed by atoms with Gasteiger partial charge in [-0.1, -0.05) is 20.8 Å². The average Bonchev–Trinajstić information content (AvgIpc) is 2.83. The van der Waals surface area contributed by atoms with Gasteiger partial charge < -0.3 is 15.3 Å². The van der Waals surface area contributed by atoms with Crippen molar-refractivity contribution in [3.05, 3.63) is 0 Å². The molecule has 5 nitrogen and oxygen atoms in total. The molecule has 1 aliphatic heterocycles. The molecule has 1 unspecified atom stereocenters. The van der Waals surface area contributed by atoms with Gasteiger partial charge in [0.05, 0.1) is 0 Å². The van der Waals surface area contributed by atoms with Gasteiger partial charge in [0.1, 0.15) is 6.04 Å². The van der Waals surface area contributed by atoms with E-state index in [0.29, 0.717) is 25.4 Å². The Balaban J connectivity index is 2.52. The Morgan fingerprint density at radius 1 is 1.45 bits per heavy atom. The minimum absolute atomic E-state index is 0.181. The van der Waals surface area contributed by atoms with Gasteiger partial charge in [-0.15, -0.1) is 0 Å². The molecule has 20 heavy (non-hydrogen) atoms. The van der Waals surface area contributed by atoms with Crippen LogP contribution >= 0.6 is 11.8 Å². The maximum atomic E-state index is 12.1. The highest BCUT2D eigenvalue weighted by Gasteiger charge is 2.34. The van der Waals surface area contributed by atoms with Crippen LogP contribution in [0.4, 0.5) is 4.79 Å². The summed E-state index contributed by atoms with van der Waals surface area (Å²) in [5.41, 5.74) is 0.181. The van der Waals surface area contributed by atoms with Crippen LogP contribution in [0.25, 0.3) is 0 Å². The van der Waals surface area contributed by atoms with Gasteiger partial charge in [-0.2, -0.15) is 11.8 Å². The fourth-order valence-corrected chi connectivity index (χ4v) is 2.86. The maximum absolute atomic E-state index is 12.1. The number of thioether (sulfide) groups is 1. The molecule has 0 aromatic rings. The highest BCUT2D eigenvalue weighted by atomic mass is 32.2. The molecular weight excluding hydrogens is 276 g/mol. The lowest BCUT2D eigenvalue weighted by Gasteiger charge is -2.27. The number of carbonyl (C=O) groups excluding carboxylic acids is 1. The topological polar surface area (TPSA) is 69.6 Å². The van der Waals surface area contributed by atoms with Crippen LogP contribution in [-0.4, -0.2) is 53.1 Å². The molecule has 2 N–H and O–H groups in total. The van der Waals surface area contributed by atoms with E-state index >= 15 is 0 Å². The van der Waals surface area contributed by atoms with Crippen LogP contribution in [0, 0.1) is 11.3 Å². The van der Waals surface area contributed by atoms with Gasteiger partial charge in [0, 0.05) is 13.1 Å². The summed E-state index contributed by atoms with van der Waals surface area (Å²) >= 11 is 1.58. The minimum Gasteiger partial charge on any atom is -0.480 e. The molecule has 6 heteroatoms. The van der Waals surface area contributed by atoms with E-state index in [2.05, 4.69) is 26.1 Å². The second-order valence-electron chi connectivity index (χ2n) is 6.42. The standard InChI is InChI=1S/C14H26N2O3S/c1-14(2,3)10-5-7-16(9-10)13(19)15-11(12(17)18)6-8-20-4/h10-11H,5-9H2,1-4H3,(H,15,19)(H,17,18)/t10?,11-/m1/s1. The Morgan fingerprint density at radius 2 is 2.10 bits per heavy atom. The Morgan fingerprint density at radius 3 is 2.55 bits per heavy atom. The van der Waals surface area contributed by atoms with Crippen LogP contribution in [0.3, 0.4) is 0 Å². The Labute approximate surface area is 125 Å². The smallest absolute Gasteiger partial charge is 0.326 e. The third-order valence-corrected chi connectivity index (χ3v) is 4.55. The van der Waals surface area contributed by atoms with Crippen molar-refractivity contribution in [2.24, 2.45) is 11.3 Å². The summed E-state index contributed by atoms with van der Waals surface area (Å²) in [4.78, 5) is 25.0. The van der Waals surface area contributed by atoms with Crippen molar-refractivity contribution >= 4 is 23.8 Å². The summed E-state index contributed by atoms with van der Waals surface area (Å²) in [5.74, 6) is 0.240. The minimum atomic E-state index is -0.959. The maximum Gasteiger partial charge on any atom is 0.326 e. The molecule has 1 fully saturated rings. The number of aliphatic carboxylic acids is 1. The highest BCUT2D eigenvalue weighted by Crippen LogP contribution is 2.33. The number of rotatable bonds is 5. The van der Waals surface area contributed by atoms with Crippen molar-refractivity contribution in [2.45, 2.75) is 39.7 Å². The molecule has 0 saturated carbocycles. The van der Waals surface area contributed by atoms with E-state index in [4.69, 9.17) is 5.11 Å². The first kappa shape index (κ1) is 17.1. The number of hydrogen-bond donors (Lipinski definition) is 2. The van der Waals surface area contributed by atoms with Crippen molar-refractivity contribution in [1.82, 2.24) is 10.2 Å². The number of carboxylic acids is 1. The van der Waals surface area contributed by atoms with Crippen molar-refractivity contribution in [3.63, 3.8) is 0 Å². The number of amides is 2. The van der Waals surface area contributed by atoms with Crippen LogP contribution < -0.4 is 5.32 Å². The quantitative estimate of drug-likeness (QED) is 0.817. The zero-order valence-corrected chi connectivity index (χ0v) is 13.6. The first-order valence-corrected chi connectivity index (χ1v) is 8.42. The predicted molar refractivity (Wildman–Crippen MR) is 82.1 cm³/mol. The van der Waals surface area contributed by atoms with E-state index in [0.717, 1.165) is 12.2 Å². The van der Waals surface area contributed by atoms with Gasteiger partial charge in [0.2, 0.25) is 0 Å². The number of likely N-dealkylation sites (tertiary alicyclic amines) is 1. The van der Waals surface area contributed by atoms with E-state index in [-0.39, 0.29) is 11.4 Å². The molecular formula is C14H26N2O3S. The van der Waals surface area contributed by atoms with Crippen LogP contribution in [0.1, 0.15) is 33.6 Å². The zero-order chi connectivity index (χ0) is 15.3. The van der Waals surface area contributed by atoms with Gasteiger partial charge in [-0.3, -0.25) is 0 Å². The van der Waals surface area contributed by atoms with Crippen molar-refractivity contribution in [2.75, 3.05) is 25.1 Å². The summed E-state index contributed by atoms with van der Waals surface area (Å²) in [6.07, 6.45) is 3.37. The second-order valence-corrected chi connectivity index (χ2v) is 7.41. The number of nitrogens with one attached hydrogen (secondary N) is 1. The molecule has 0 aliphatic carbocycles. The van der Waals surface area contributed by atoms with Gasteiger partial charge in [-0.25, -0.2) is 9.59 Å². The molecule has 2 atom stereocenters. The Kier molecular flexibility index (Phi) is 6.17. The monoisotopic (exact) mass is 302 g/mol. The first-order chi connectivity index (χ1) is 9.25. The van der Waals surface area contributed by atoms with Crippen molar-refractivity contribution in [3.8, 4) is 0 Å². The molecule has 1 rings (SSSR count). The lowest BCUT2D eigenvalue weighted by atomic mass is 9.80. The molecule has 0 aromatic heterocycles. The molecule has 1 saturated heterocycles. The third-order valence-electron chi connectivity index (χ3n) is 3.91. The number of hydrogen-bond acceptors (Lipinski definition) is 3. The van der Waals surface area contributed by atoms with Crippen molar-refractivity contribution < 1.29 is 14.7 Å². The second kappa shape index (κ2) is 7.20. The molecule has 1 heterocycles. The molecule has 0 radical (unpaired) electrons. The van der Waals surface area contributed by atoms with Crippen LogP contribution in [0.5, 0.6) is 0 Å². The third kappa shape index (κ3) is 4.89. The van der Waals surface area contributed by atoms with Crippen LogP contribution in [0.15, 0.2) is 0 Å². The van der Waals surface area contributed by atoms with Gasteiger partial charge >= 0.3 is 12.0 Å². The molecule has 0 bridgehead atoms. The largest absolute Gasteiger partial charge is 0.480 e. The summed E-state index contributed by atoms with van der Waals surface area (Å²) in [6, 6.07) is -1.03. The van der Waals surface area contributed by atoms with E-state index < -0.39 is 12.0 Å².